The molecule has 1 aromatic rings. The van der Waals surface area contributed by atoms with Crippen molar-refractivity contribution in [3.63, 3.8) is 0 Å². The van der Waals surface area contributed by atoms with E-state index < -0.39 is 17.7 Å². The van der Waals surface area contributed by atoms with Crippen molar-refractivity contribution in [2.24, 2.45) is 0 Å². The molecule has 1 aromatic heterocycles. The van der Waals surface area contributed by atoms with Gasteiger partial charge in [0.25, 0.3) is 0 Å². The number of fused-ring (bicyclic) bond motifs is 1. The van der Waals surface area contributed by atoms with E-state index >= 15 is 0 Å². The van der Waals surface area contributed by atoms with E-state index in [1.807, 2.05) is 0 Å². The number of amides is 1. The molecule has 0 aromatic carbocycles. The maximum absolute atomic E-state index is 11.7. The summed E-state index contributed by atoms with van der Waals surface area (Å²) in [6, 6.07) is 0. The highest BCUT2D eigenvalue weighted by molar-refractivity contribution is 5.91. The Balaban J connectivity index is 2.15. The van der Waals surface area contributed by atoms with Gasteiger partial charge in [-0.25, -0.2) is 9.59 Å². The summed E-state index contributed by atoms with van der Waals surface area (Å²) in [5, 5.41) is 15.7. The molecule has 0 unspecified atom stereocenters. The van der Waals surface area contributed by atoms with E-state index in [0.717, 1.165) is 0 Å². The lowest BCUT2D eigenvalue weighted by Crippen LogP contribution is -2.33. The molecule has 7 nitrogen and oxygen atoms in total. The van der Waals surface area contributed by atoms with Crippen LogP contribution < -0.4 is 5.32 Å². The van der Waals surface area contributed by atoms with E-state index in [1.54, 1.807) is 31.5 Å². The van der Waals surface area contributed by atoms with Crippen molar-refractivity contribution in [3.05, 3.63) is 23.2 Å². The zero-order valence-corrected chi connectivity index (χ0v) is 11.6. The number of hydrogen-bond acceptors (Lipinski definition) is 4. The molecule has 0 aliphatic carbocycles. The fourth-order valence-corrected chi connectivity index (χ4v) is 1.89. The van der Waals surface area contributed by atoms with Crippen molar-refractivity contribution in [2.45, 2.75) is 39.3 Å². The second-order valence-corrected chi connectivity index (χ2v) is 5.52. The number of rotatable bonds is 2. The van der Waals surface area contributed by atoms with Gasteiger partial charge in [0.1, 0.15) is 11.2 Å². The van der Waals surface area contributed by atoms with Crippen LogP contribution >= 0.6 is 0 Å². The SMILES string of the molecule is CC(C)(C)OC(=O)NC1=Cc2c(C(=O)O)cnn2CC1. The van der Waals surface area contributed by atoms with Crippen molar-refractivity contribution in [2.75, 3.05) is 0 Å². The monoisotopic (exact) mass is 279 g/mol. The number of allylic oxidation sites excluding steroid dienone is 1. The molecular weight excluding hydrogens is 262 g/mol. The van der Waals surface area contributed by atoms with E-state index in [4.69, 9.17) is 9.84 Å². The van der Waals surface area contributed by atoms with Crippen LogP contribution in [0.4, 0.5) is 4.79 Å². The number of carbonyl (C=O) groups excluding carboxylic acids is 1. The Morgan fingerprint density at radius 2 is 2.15 bits per heavy atom. The smallest absolute Gasteiger partial charge is 0.411 e. The molecule has 7 heteroatoms. The lowest BCUT2D eigenvalue weighted by molar-refractivity contribution is 0.0543. The van der Waals surface area contributed by atoms with Crippen LogP contribution in [0, 0.1) is 0 Å². The third kappa shape index (κ3) is 3.17. The predicted octanol–water partition coefficient (Wildman–Crippen LogP) is 1.85. The highest BCUT2D eigenvalue weighted by Crippen LogP contribution is 2.20. The minimum atomic E-state index is -1.04. The van der Waals surface area contributed by atoms with E-state index in [-0.39, 0.29) is 5.56 Å². The number of aromatic carboxylic acids is 1. The molecule has 2 rings (SSSR count). The Hall–Kier alpha value is -2.31. The van der Waals surface area contributed by atoms with Gasteiger partial charge in [-0.3, -0.25) is 10.00 Å². The summed E-state index contributed by atoms with van der Waals surface area (Å²) < 4.78 is 6.76. The van der Waals surface area contributed by atoms with Gasteiger partial charge in [0.2, 0.25) is 0 Å². The van der Waals surface area contributed by atoms with Crippen molar-refractivity contribution >= 4 is 18.1 Å². The number of nitrogens with one attached hydrogen (secondary N) is 1. The van der Waals surface area contributed by atoms with E-state index in [2.05, 4.69) is 10.4 Å². The van der Waals surface area contributed by atoms with Crippen LogP contribution in [0.2, 0.25) is 0 Å². The summed E-state index contributed by atoms with van der Waals surface area (Å²) >= 11 is 0. The molecule has 0 saturated carbocycles. The van der Waals surface area contributed by atoms with Gasteiger partial charge in [-0.15, -0.1) is 0 Å². The number of aromatic nitrogens is 2. The molecule has 1 aliphatic heterocycles. The first-order valence-electron chi connectivity index (χ1n) is 6.26. The average molecular weight is 279 g/mol. The Bertz CT molecular complexity index is 581. The Kier molecular flexibility index (Phi) is 3.52. The molecule has 0 bridgehead atoms. The molecule has 20 heavy (non-hydrogen) atoms. The van der Waals surface area contributed by atoms with Crippen molar-refractivity contribution < 1.29 is 19.4 Å². The summed E-state index contributed by atoms with van der Waals surface area (Å²) in [4.78, 5) is 22.7. The second-order valence-electron chi connectivity index (χ2n) is 5.52. The van der Waals surface area contributed by atoms with Crippen molar-refractivity contribution in [1.82, 2.24) is 15.1 Å². The number of carboxylic acids is 1. The lowest BCUT2D eigenvalue weighted by atomic mass is 10.1. The molecule has 108 valence electrons. The first-order valence-corrected chi connectivity index (χ1v) is 6.26. The number of aryl methyl sites for hydroxylation is 1. The lowest BCUT2D eigenvalue weighted by Gasteiger charge is -2.22. The number of hydrogen-bond donors (Lipinski definition) is 2. The van der Waals surface area contributed by atoms with E-state index in [0.29, 0.717) is 24.4 Å². The number of alkyl carbamates (subject to hydrolysis) is 1. The normalized spacial score (nSPS) is 14.2. The summed E-state index contributed by atoms with van der Waals surface area (Å²) in [6.45, 7) is 5.85. The van der Waals surface area contributed by atoms with Crippen molar-refractivity contribution in [1.29, 1.82) is 0 Å². The molecule has 0 saturated heterocycles. The molecule has 2 heterocycles. The van der Waals surface area contributed by atoms with Gasteiger partial charge in [0.15, 0.2) is 0 Å². The van der Waals surface area contributed by atoms with Crippen LogP contribution in [0.25, 0.3) is 6.08 Å². The Morgan fingerprint density at radius 3 is 2.75 bits per heavy atom. The van der Waals surface area contributed by atoms with Gasteiger partial charge in [0, 0.05) is 18.7 Å². The summed E-state index contributed by atoms with van der Waals surface area (Å²) in [7, 11) is 0. The minimum absolute atomic E-state index is 0.119. The number of carbonyl (C=O) groups is 2. The van der Waals surface area contributed by atoms with Crippen LogP contribution in [-0.2, 0) is 11.3 Å². The summed E-state index contributed by atoms with van der Waals surface area (Å²) in [5.41, 5.74) is 0.644. The van der Waals surface area contributed by atoms with Gasteiger partial charge in [0.05, 0.1) is 11.9 Å². The number of nitrogens with zero attached hydrogens (tertiary/aromatic N) is 2. The largest absolute Gasteiger partial charge is 0.478 e. The zero-order chi connectivity index (χ0) is 14.9. The first-order chi connectivity index (χ1) is 9.26. The molecular formula is C13H17N3O4. The van der Waals surface area contributed by atoms with E-state index in [1.165, 1.54) is 6.20 Å². The molecule has 0 spiro atoms. The van der Waals surface area contributed by atoms with Gasteiger partial charge in [-0.1, -0.05) is 0 Å². The quantitative estimate of drug-likeness (QED) is 0.861. The molecule has 0 fully saturated rings. The number of carboxylic acid groups (broad SMARTS) is 1. The van der Waals surface area contributed by atoms with Crippen molar-refractivity contribution in [3.8, 4) is 0 Å². The fourth-order valence-electron chi connectivity index (χ4n) is 1.89. The topological polar surface area (TPSA) is 93.4 Å². The molecule has 0 radical (unpaired) electrons. The van der Waals surface area contributed by atoms with Crippen LogP contribution in [0.3, 0.4) is 0 Å². The van der Waals surface area contributed by atoms with E-state index in [9.17, 15) is 9.59 Å². The Morgan fingerprint density at radius 1 is 1.45 bits per heavy atom. The zero-order valence-electron chi connectivity index (χ0n) is 11.6. The second kappa shape index (κ2) is 4.99. The van der Waals surface area contributed by atoms with Crippen LogP contribution in [0.1, 0.15) is 43.2 Å². The van der Waals surface area contributed by atoms with Gasteiger partial charge >= 0.3 is 12.1 Å². The average Bonchev–Trinajstić information content (AvgIpc) is 2.69. The third-order valence-electron chi connectivity index (χ3n) is 2.68. The third-order valence-corrected chi connectivity index (χ3v) is 2.68. The molecule has 1 amide bonds. The van der Waals surface area contributed by atoms with Crippen LogP contribution in [0.15, 0.2) is 11.9 Å². The van der Waals surface area contributed by atoms with Crippen LogP contribution in [-0.4, -0.2) is 32.6 Å². The molecule has 0 atom stereocenters. The highest BCUT2D eigenvalue weighted by Gasteiger charge is 2.22. The maximum Gasteiger partial charge on any atom is 0.411 e. The van der Waals surface area contributed by atoms with Gasteiger partial charge in [-0.2, -0.15) is 5.10 Å². The molecule has 2 N–H and O–H groups in total. The van der Waals surface area contributed by atoms with Gasteiger partial charge in [-0.05, 0) is 26.8 Å². The fraction of sp³-hybridized carbons (Fsp3) is 0.462. The predicted molar refractivity (Wildman–Crippen MR) is 71.2 cm³/mol. The minimum Gasteiger partial charge on any atom is -0.478 e. The maximum atomic E-state index is 11.7. The number of ether oxygens (including phenoxy) is 1. The summed E-state index contributed by atoms with van der Waals surface area (Å²) in [6.07, 6.45) is 2.94. The Labute approximate surface area is 116 Å². The summed E-state index contributed by atoms with van der Waals surface area (Å²) in [5.74, 6) is -1.04. The standard InChI is InChI=1S/C13H17N3O4/c1-13(2,3)20-12(19)15-8-4-5-16-10(6-8)9(7-14-16)11(17)18/h6-7H,4-5H2,1-3H3,(H,15,19)(H,17,18). The van der Waals surface area contributed by atoms with Crippen LogP contribution in [0.5, 0.6) is 0 Å². The first kappa shape index (κ1) is 14.1. The van der Waals surface area contributed by atoms with Gasteiger partial charge < -0.3 is 9.84 Å². The molecule has 1 aliphatic rings. The highest BCUT2D eigenvalue weighted by atomic mass is 16.6.